The summed E-state index contributed by atoms with van der Waals surface area (Å²) in [6.45, 7) is 4.39. The summed E-state index contributed by atoms with van der Waals surface area (Å²) in [5.74, 6) is 0.418. The predicted octanol–water partition coefficient (Wildman–Crippen LogP) is 5.07. The van der Waals surface area contributed by atoms with Crippen molar-refractivity contribution < 1.29 is 22.7 Å². The summed E-state index contributed by atoms with van der Waals surface area (Å²) in [5, 5.41) is 5.95. The van der Waals surface area contributed by atoms with Gasteiger partial charge in [0, 0.05) is 31.4 Å². The number of ether oxygens (including phenoxy) is 1. The third kappa shape index (κ3) is 6.25. The van der Waals surface area contributed by atoms with E-state index in [2.05, 4.69) is 30.3 Å². The number of amides is 1. The molecule has 2 N–H and O–H groups in total. The molecule has 3 aromatic rings. The summed E-state index contributed by atoms with van der Waals surface area (Å²) in [6.07, 6.45) is -0.782. The van der Waals surface area contributed by atoms with Crippen LogP contribution < -0.4 is 20.3 Å². The Bertz CT molecular complexity index is 1260. The molecule has 4 rings (SSSR count). The SMILES string of the molecule is CC(=O)Nc1cccc(Nc2ncnc(N3CC=C(c4cccc(OC(F)(F)F)c4)CC3)n2)c1C. The number of aromatic nitrogens is 3. The van der Waals surface area contributed by atoms with E-state index in [1.165, 1.54) is 31.5 Å². The molecule has 1 amide bonds. The van der Waals surface area contributed by atoms with Crippen molar-refractivity contribution in [2.24, 2.45) is 0 Å². The van der Waals surface area contributed by atoms with Crippen molar-refractivity contribution in [2.75, 3.05) is 28.6 Å². The Morgan fingerprint density at radius 2 is 1.89 bits per heavy atom. The first kappa shape index (κ1) is 24.0. The minimum Gasteiger partial charge on any atom is -0.406 e. The van der Waals surface area contributed by atoms with Gasteiger partial charge in [-0.2, -0.15) is 4.98 Å². The molecule has 0 atom stereocenters. The largest absolute Gasteiger partial charge is 0.573 e. The lowest BCUT2D eigenvalue weighted by Gasteiger charge is -2.26. The van der Waals surface area contributed by atoms with Crippen molar-refractivity contribution in [1.29, 1.82) is 0 Å². The molecular weight excluding hydrogens is 461 g/mol. The standard InChI is InChI=1S/C24H23F3N6O2/c1-15-20(30-16(2)34)7-4-8-21(15)31-22-28-14-29-23(32-22)33-11-9-17(10-12-33)18-5-3-6-19(13-18)35-24(25,26)27/h3-9,13-14H,10-12H2,1-2H3,(H,30,34)(H,28,29,31,32). The van der Waals surface area contributed by atoms with Crippen LogP contribution in [0.25, 0.3) is 5.57 Å². The second-order valence-corrected chi connectivity index (χ2v) is 7.89. The molecule has 0 bridgehead atoms. The number of benzene rings is 2. The fourth-order valence-electron chi connectivity index (χ4n) is 3.72. The third-order valence-electron chi connectivity index (χ3n) is 5.38. The van der Waals surface area contributed by atoms with Gasteiger partial charge in [0.05, 0.1) is 0 Å². The first-order valence-corrected chi connectivity index (χ1v) is 10.8. The molecule has 182 valence electrons. The highest BCUT2D eigenvalue weighted by Crippen LogP contribution is 2.30. The zero-order valence-electron chi connectivity index (χ0n) is 19.1. The minimum absolute atomic E-state index is 0.162. The molecule has 1 aliphatic heterocycles. The van der Waals surface area contributed by atoms with Crippen molar-refractivity contribution in [2.45, 2.75) is 26.6 Å². The van der Waals surface area contributed by atoms with Crippen LogP contribution in [0.3, 0.4) is 0 Å². The molecule has 1 aliphatic rings. The average molecular weight is 484 g/mol. The lowest BCUT2D eigenvalue weighted by atomic mass is 9.99. The Labute approximate surface area is 199 Å². The maximum atomic E-state index is 12.5. The van der Waals surface area contributed by atoms with Crippen LogP contribution in [0.15, 0.2) is 54.9 Å². The normalized spacial score (nSPS) is 13.7. The van der Waals surface area contributed by atoms with E-state index in [0.29, 0.717) is 42.7 Å². The van der Waals surface area contributed by atoms with Gasteiger partial charge in [0.2, 0.25) is 17.8 Å². The van der Waals surface area contributed by atoms with E-state index in [-0.39, 0.29) is 11.7 Å². The predicted molar refractivity (Wildman–Crippen MR) is 127 cm³/mol. The van der Waals surface area contributed by atoms with Crippen LogP contribution in [0.2, 0.25) is 0 Å². The van der Waals surface area contributed by atoms with E-state index in [1.54, 1.807) is 6.07 Å². The molecule has 2 heterocycles. The first-order chi connectivity index (χ1) is 16.7. The van der Waals surface area contributed by atoms with E-state index in [1.807, 2.05) is 36.1 Å². The number of nitrogens with zero attached hydrogens (tertiary/aromatic N) is 4. The van der Waals surface area contributed by atoms with Gasteiger partial charge in [-0.05, 0) is 54.3 Å². The van der Waals surface area contributed by atoms with Crippen LogP contribution in [-0.2, 0) is 4.79 Å². The van der Waals surface area contributed by atoms with Gasteiger partial charge in [-0.15, -0.1) is 13.2 Å². The monoisotopic (exact) mass is 484 g/mol. The number of anilines is 4. The summed E-state index contributed by atoms with van der Waals surface area (Å²) in [4.78, 5) is 26.3. The number of halogens is 3. The van der Waals surface area contributed by atoms with E-state index >= 15 is 0 Å². The molecule has 2 aromatic carbocycles. The molecule has 1 aromatic heterocycles. The smallest absolute Gasteiger partial charge is 0.406 e. The van der Waals surface area contributed by atoms with Crippen LogP contribution in [0.1, 0.15) is 24.5 Å². The van der Waals surface area contributed by atoms with Crippen molar-refractivity contribution >= 4 is 34.8 Å². The minimum atomic E-state index is -4.73. The topological polar surface area (TPSA) is 92.3 Å². The number of rotatable bonds is 6. The molecule has 35 heavy (non-hydrogen) atoms. The molecule has 8 nitrogen and oxygen atoms in total. The summed E-state index contributed by atoms with van der Waals surface area (Å²) in [7, 11) is 0. The molecule has 0 saturated carbocycles. The highest BCUT2D eigenvalue weighted by atomic mass is 19.4. The Balaban J connectivity index is 1.46. The number of carbonyl (C=O) groups excluding carboxylic acids is 1. The summed E-state index contributed by atoms with van der Waals surface area (Å²) >= 11 is 0. The zero-order valence-corrected chi connectivity index (χ0v) is 19.1. The second kappa shape index (κ2) is 10.00. The number of carbonyl (C=O) groups is 1. The molecule has 0 saturated heterocycles. The summed E-state index contributed by atoms with van der Waals surface area (Å²) in [5.41, 5.74) is 3.88. The van der Waals surface area contributed by atoms with Gasteiger partial charge in [0.25, 0.3) is 0 Å². The molecule has 11 heteroatoms. The fourth-order valence-corrected chi connectivity index (χ4v) is 3.72. The number of nitrogens with one attached hydrogen (secondary N) is 2. The first-order valence-electron chi connectivity index (χ1n) is 10.8. The Morgan fingerprint density at radius 1 is 1.11 bits per heavy atom. The van der Waals surface area contributed by atoms with Gasteiger partial charge in [-0.25, -0.2) is 9.97 Å². The highest BCUT2D eigenvalue weighted by molar-refractivity contribution is 5.90. The number of alkyl halides is 3. The van der Waals surface area contributed by atoms with Crippen molar-refractivity contribution in [3.63, 3.8) is 0 Å². The van der Waals surface area contributed by atoms with Crippen molar-refractivity contribution in [3.8, 4) is 5.75 Å². The van der Waals surface area contributed by atoms with Gasteiger partial charge < -0.3 is 20.3 Å². The molecule has 0 spiro atoms. The van der Waals surface area contributed by atoms with Crippen LogP contribution >= 0.6 is 0 Å². The molecule has 0 fully saturated rings. The van der Waals surface area contributed by atoms with Crippen LogP contribution in [0.5, 0.6) is 5.75 Å². The van der Waals surface area contributed by atoms with Gasteiger partial charge >= 0.3 is 6.36 Å². The highest BCUT2D eigenvalue weighted by Gasteiger charge is 2.31. The molecule has 0 aliphatic carbocycles. The van der Waals surface area contributed by atoms with Crippen molar-refractivity contribution in [1.82, 2.24) is 15.0 Å². The quantitative estimate of drug-likeness (QED) is 0.504. The lowest BCUT2D eigenvalue weighted by molar-refractivity contribution is -0.274. The zero-order chi connectivity index (χ0) is 25.0. The maximum absolute atomic E-state index is 12.5. The van der Waals surface area contributed by atoms with Crippen LogP contribution in [0.4, 0.5) is 36.4 Å². The van der Waals surface area contributed by atoms with E-state index < -0.39 is 6.36 Å². The second-order valence-electron chi connectivity index (χ2n) is 7.89. The maximum Gasteiger partial charge on any atom is 0.573 e. The Morgan fingerprint density at radius 3 is 2.60 bits per heavy atom. The van der Waals surface area contributed by atoms with Gasteiger partial charge in [-0.3, -0.25) is 4.79 Å². The summed E-state index contributed by atoms with van der Waals surface area (Å²) < 4.78 is 41.6. The van der Waals surface area contributed by atoms with Gasteiger partial charge in [0.1, 0.15) is 12.1 Å². The molecule has 0 radical (unpaired) electrons. The van der Waals surface area contributed by atoms with Gasteiger partial charge in [-0.1, -0.05) is 24.3 Å². The molecule has 0 unspecified atom stereocenters. The average Bonchev–Trinajstić information content (AvgIpc) is 2.81. The van der Waals surface area contributed by atoms with Crippen LogP contribution in [-0.4, -0.2) is 40.3 Å². The van der Waals surface area contributed by atoms with Crippen LogP contribution in [0, 0.1) is 6.92 Å². The lowest BCUT2D eigenvalue weighted by Crippen LogP contribution is -2.30. The van der Waals surface area contributed by atoms with E-state index in [9.17, 15) is 18.0 Å². The van der Waals surface area contributed by atoms with Crippen molar-refractivity contribution in [3.05, 3.63) is 66.0 Å². The number of hydrogen-bond donors (Lipinski definition) is 2. The molecular formula is C24H23F3N6O2. The van der Waals surface area contributed by atoms with E-state index in [4.69, 9.17) is 0 Å². The fraction of sp³-hybridized carbons (Fsp3) is 0.250. The third-order valence-corrected chi connectivity index (χ3v) is 5.38. The number of hydrogen-bond acceptors (Lipinski definition) is 7. The summed E-state index contributed by atoms with van der Waals surface area (Å²) in [6, 6.07) is 11.4. The Kier molecular flexibility index (Phi) is 6.85. The Hall–Kier alpha value is -4.15. The van der Waals surface area contributed by atoms with Gasteiger partial charge in [0.15, 0.2) is 0 Å². The van der Waals surface area contributed by atoms with E-state index in [0.717, 1.165) is 16.8 Å².